The number of hydrogen-bond donors (Lipinski definition) is 1. The van der Waals surface area contributed by atoms with Crippen LogP contribution in [0.15, 0.2) is 67.0 Å². The van der Waals surface area contributed by atoms with Crippen molar-refractivity contribution < 1.29 is 9.53 Å². The van der Waals surface area contributed by atoms with Crippen molar-refractivity contribution in [2.75, 3.05) is 7.11 Å². The average Bonchev–Trinajstić information content (AvgIpc) is 3.32. The number of nitrogens with one attached hydrogen (secondary N) is 1. The number of benzene rings is 2. The Morgan fingerprint density at radius 2 is 2.04 bits per heavy atom. The summed E-state index contributed by atoms with van der Waals surface area (Å²) in [5.74, 6) is 1.38. The van der Waals surface area contributed by atoms with E-state index in [0.717, 1.165) is 27.2 Å². The molecule has 2 aromatic carbocycles. The standard InChI is InChI=1S/C21H19N3O2S/c1-24-11-10-22-20(24)19(15-7-5-8-16(12-15)26-2)23-21(25)18-13-14-6-3-4-9-17(14)27-18/h3-13,19H,1-2H3,(H,23,25). The number of aryl methyl sites for hydroxylation is 1. The lowest BCUT2D eigenvalue weighted by Crippen LogP contribution is -2.30. The van der Waals surface area contributed by atoms with Gasteiger partial charge in [-0.1, -0.05) is 30.3 Å². The van der Waals surface area contributed by atoms with Gasteiger partial charge in [-0.3, -0.25) is 4.79 Å². The first-order valence-corrected chi connectivity index (χ1v) is 9.38. The first-order chi connectivity index (χ1) is 13.2. The highest BCUT2D eigenvalue weighted by Crippen LogP contribution is 2.28. The van der Waals surface area contributed by atoms with Crippen LogP contribution in [0.1, 0.15) is 27.1 Å². The first kappa shape index (κ1) is 17.3. The summed E-state index contributed by atoms with van der Waals surface area (Å²) in [6, 6.07) is 17.2. The molecule has 6 heteroatoms. The molecule has 1 atom stereocenters. The highest BCUT2D eigenvalue weighted by molar-refractivity contribution is 7.20. The summed E-state index contributed by atoms with van der Waals surface area (Å²) in [7, 11) is 3.55. The van der Waals surface area contributed by atoms with Crippen LogP contribution in [0.2, 0.25) is 0 Å². The Hall–Kier alpha value is -3.12. The molecule has 0 saturated heterocycles. The maximum atomic E-state index is 13.0. The van der Waals surface area contributed by atoms with Gasteiger partial charge in [-0.25, -0.2) is 4.98 Å². The van der Waals surface area contributed by atoms with E-state index in [-0.39, 0.29) is 11.9 Å². The van der Waals surface area contributed by atoms with E-state index in [1.165, 1.54) is 11.3 Å². The third-order valence-electron chi connectivity index (χ3n) is 4.47. The van der Waals surface area contributed by atoms with E-state index < -0.39 is 0 Å². The number of carbonyl (C=O) groups excluding carboxylic acids is 1. The second-order valence-corrected chi connectivity index (χ2v) is 7.31. The number of thiophene rings is 1. The summed E-state index contributed by atoms with van der Waals surface area (Å²) in [6.45, 7) is 0. The van der Waals surface area contributed by atoms with Gasteiger partial charge in [-0.2, -0.15) is 0 Å². The number of nitrogens with zero attached hydrogens (tertiary/aromatic N) is 2. The number of amides is 1. The Balaban J connectivity index is 1.70. The van der Waals surface area contributed by atoms with Gasteiger partial charge in [0.1, 0.15) is 17.6 Å². The van der Waals surface area contributed by atoms with Crippen LogP contribution >= 0.6 is 11.3 Å². The maximum Gasteiger partial charge on any atom is 0.262 e. The molecule has 136 valence electrons. The van der Waals surface area contributed by atoms with E-state index in [4.69, 9.17) is 4.74 Å². The average molecular weight is 377 g/mol. The quantitative estimate of drug-likeness (QED) is 0.568. The lowest BCUT2D eigenvalue weighted by atomic mass is 10.1. The molecule has 0 saturated carbocycles. The third-order valence-corrected chi connectivity index (χ3v) is 5.58. The van der Waals surface area contributed by atoms with Gasteiger partial charge in [0.2, 0.25) is 0 Å². The molecule has 27 heavy (non-hydrogen) atoms. The molecule has 2 aromatic heterocycles. The highest BCUT2D eigenvalue weighted by atomic mass is 32.1. The number of hydrogen-bond acceptors (Lipinski definition) is 4. The number of ether oxygens (including phenoxy) is 1. The van der Waals surface area contributed by atoms with E-state index in [9.17, 15) is 4.79 Å². The van der Waals surface area contributed by atoms with Crippen molar-refractivity contribution in [3.8, 4) is 5.75 Å². The van der Waals surface area contributed by atoms with Gasteiger partial charge < -0.3 is 14.6 Å². The van der Waals surface area contributed by atoms with Crippen molar-refractivity contribution in [2.45, 2.75) is 6.04 Å². The van der Waals surface area contributed by atoms with E-state index in [1.807, 2.05) is 72.4 Å². The van der Waals surface area contributed by atoms with E-state index in [2.05, 4.69) is 10.3 Å². The number of rotatable bonds is 5. The van der Waals surface area contributed by atoms with Crippen molar-refractivity contribution in [1.29, 1.82) is 0 Å². The van der Waals surface area contributed by atoms with Crippen LogP contribution in [0.5, 0.6) is 5.75 Å². The normalized spacial score (nSPS) is 12.1. The summed E-state index contributed by atoms with van der Waals surface area (Å²) in [5.41, 5.74) is 0.915. The molecule has 1 amide bonds. The van der Waals surface area contributed by atoms with Gasteiger partial charge in [0.05, 0.1) is 12.0 Å². The van der Waals surface area contributed by atoms with Crippen LogP contribution in [0, 0.1) is 0 Å². The largest absolute Gasteiger partial charge is 0.497 e. The van der Waals surface area contributed by atoms with Crippen LogP contribution in [-0.4, -0.2) is 22.6 Å². The van der Waals surface area contributed by atoms with Gasteiger partial charge in [-0.05, 0) is 35.2 Å². The first-order valence-electron chi connectivity index (χ1n) is 8.56. The fourth-order valence-corrected chi connectivity index (χ4v) is 4.04. The minimum atomic E-state index is -0.377. The summed E-state index contributed by atoms with van der Waals surface area (Å²) >= 11 is 1.49. The molecule has 0 spiro atoms. The third kappa shape index (κ3) is 3.44. The predicted molar refractivity (Wildman–Crippen MR) is 107 cm³/mol. The van der Waals surface area contributed by atoms with Crippen molar-refractivity contribution in [3.63, 3.8) is 0 Å². The number of fused-ring (bicyclic) bond motifs is 1. The van der Waals surface area contributed by atoms with Gasteiger partial charge >= 0.3 is 0 Å². The molecule has 4 rings (SSSR count). The second kappa shape index (κ2) is 7.25. The van der Waals surface area contributed by atoms with Crippen molar-refractivity contribution in [1.82, 2.24) is 14.9 Å². The summed E-state index contributed by atoms with van der Waals surface area (Å²) in [6.07, 6.45) is 3.60. The Kier molecular flexibility index (Phi) is 4.64. The molecule has 4 aromatic rings. The van der Waals surface area contributed by atoms with Crippen LogP contribution in [0.4, 0.5) is 0 Å². The van der Waals surface area contributed by atoms with E-state index in [0.29, 0.717) is 4.88 Å². The maximum absolute atomic E-state index is 13.0. The molecular weight excluding hydrogens is 358 g/mol. The SMILES string of the molecule is COc1cccc(C(NC(=O)c2cc3ccccc3s2)c2nccn2C)c1. The van der Waals surface area contributed by atoms with Crippen molar-refractivity contribution >= 4 is 27.3 Å². The smallest absolute Gasteiger partial charge is 0.262 e. The molecule has 0 bridgehead atoms. The fourth-order valence-electron chi connectivity index (χ4n) is 3.07. The summed E-state index contributed by atoms with van der Waals surface area (Å²) in [4.78, 5) is 18.1. The Morgan fingerprint density at radius 1 is 1.19 bits per heavy atom. The van der Waals surface area contributed by atoms with E-state index >= 15 is 0 Å². The van der Waals surface area contributed by atoms with Gasteiger partial charge in [0.15, 0.2) is 0 Å². The molecule has 5 nitrogen and oxygen atoms in total. The molecule has 0 radical (unpaired) electrons. The molecular formula is C21H19N3O2S. The second-order valence-electron chi connectivity index (χ2n) is 6.23. The fraction of sp³-hybridized carbons (Fsp3) is 0.143. The van der Waals surface area contributed by atoms with Gasteiger partial charge in [0, 0.05) is 24.1 Å². The van der Waals surface area contributed by atoms with Crippen molar-refractivity contribution in [2.24, 2.45) is 7.05 Å². The minimum Gasteiger partial charge on any atom is -0.497 e. The number of carbonyl (C=O) groups is 1. The van der Waals surface area contributed by atoms with Gasteiger partial charge in [-0.15, -0.1) is 11.3 Å². The molecule has 2 heterocycles. The Labute approximate surface area is 161 Å². The molecule has 0 aliphatic carbocycles. The molecule has 1 N–H and O–H groups in total. The van der Waals surface area contributed by atoms with Crippen LogP contribution in [0.25, 0.3) is 10.1 Å². The Bertz CT molecular complexity index is 1070. The number of methoxy groups -OCH3 is 1. The molecule has 1 unspecified atom stereocenters. The molecule has 0 aliphatic rings. The molecule has 0 fully saturated rings. The zero-order valence-corrected chi connectivity index (χ0v) is 15.9. The zero-order chi connectivity index (χ0) is 18.8. The monoisotopic (exact) mass is 377 g/mol. The Morgan fingerprint density at radius 3 is 2.78 bits per heavy atom. The zero-order valence-electron chi connectivity index (χ0n) is 15.0. The minimum absolute atomic E-state index is 0.119. The highest BCUT2D eigenvalue weighted by Gasteiger charge is 2.22. The summed E-state index contributed by atoms with van der Waals surface area (Å²) < 4.78 is 8.35. The van der Waals surface area contributed by atoms with Crippen LogP contribution in [0.3, 0.4) is 0 Å². The van der Waals surface area contributed by atoms with Crippen LogP contribution < -0.4 is 10.1 Å². The topological polar surface area (TPSA) is 56.1 Å². The van der Waals surface area contributed by atoms with Crippen molar-refractivity contribution in [3.05, 3.63) is 83.3 Å². The lowest BCUT2D eigenvalue weighted by molar-refractivity contribution is 0.0945. The van der Waals surface area contributed by atoms with Gasteiger partial charge in [0.25, 0.3) is 5.91 Å². The number of aromatic nitrogens is 2. The van der Waals surface area contributed by atoms with E-state index in [1.54, 1.807) is 13.3 Å². The lowest BCUT2D eigenvalue weighted by Gasteiger charge is -2.19. The summed E-state index contributed by atoms with van der Waals surface area (Å²) in [5, 5.41) is 4.21. The number of imidazole rings is 1. The van der Waals surface area contributed by atoms with Crippen LogP contribution in [-0.2, 0) is 7.05 Å². The molecule has 0 aliphatic heterocycles. The predicted octanol–water partition coefficient (Wildman–Crippen LogP) is 4.16.